The van der Waals surface area contributed by atoms with E-state index in [1.54, 1.807) is 12.1 Å². The fourth-order valence-corrected chi connectivity index (χ4v) is 1.86. The molecule has 0 atom stereocenters. The van der Waals surface area contributed by atoms with Crippen LogP contribution in [0, 0.1) is 5.82 Å². The van der Waals surface area contributed by atoms with E-state index in [4.69, 9.17) is 4.74 Å². The SMILES string of the molecule is CCCNc1ncnc(Oc2cccc(F)c2)c1Br. The molecule has 0 aliphatic rings. The summed E-state index contributed by atoms with van der Waals surface area (Å²) in [4.78, 5) is 8.14. The van der Waals surface area contributed by atoms with Gasteiger partial charge in [-0.15, -0.1) is 0 Å². The van der Waals surface area contributed by atoms with E-state index in [0.29, 0.717) is 21.9 Å². The van der Waals surface area contributed by atoms with Gasteiger partial charge in [-0.05, 0) is 34.5 Å². The van der Waals surface area contributed by atoms with Crippen molar-refractivity contribution in [3.63, 3.8) is 0 Å². The second kappa shape index (κ2) is 6.47. The normalized spacial score (nSPS) is 10.3. The lowest BCUT2D eigenvalue weighted by Gasteiger charge is -2.10. The summed E-state index contributed by atoms with van der Waals surface area (Å²) in [7, 11) is 0. The van der Waals surface area contributed by atoms with Crippen molar-refractivity contribution in [1.29, 1.82) is 0 Å². The molecule has 0 spiro atoms. The van der Waals surface area contributed by atoms with Gasteiger partial charge in [0.2, 0.25) is 5.88 Å². The summed E-state index contributed by atoms with van der Waals surface area (Å²) in [6, 6.07) is 5.90. The van der Waals surface area contributed by atoms with Crippen LogP contribution in [0.25, 0.3) is 0 Å². The number of benzene rings is 1. The highest BCUT2D eigenvalue weighted by Crippen LogP contribution is 2.31. The number of aromatic nitrogens is 2. The standard InChI is InChI=1S/C13H13BrFN3O/c1-2-6-16-12-11(14)13(18-8-17-12)19-10-5-3-4-9(15)7-10/h3-5,7-8H,2,6H2,1H3,(H,16,17,18). The van der Waals surface area contributed by atoms with Crippen LogP contribution in [0.15, 0.2) is 35.1 Å². The van der Waals surface area contributed by atoms with Crippen LogP contribution in [-0.2, 0) is 0 Å². The Kier molecular flexibility index (Phi) is 4.68. The first-order chi connectivity index (χ1) is 9.20. The minimum absolute atomic E-state index is 0.346. The Balaban J connectivity index is 2.20. The van der Waals surface area contributed by atoms with Crippen LogP contribution in [0.5, 0.6) is 11.6 Å². The summed E-state index contributed by atoms with van der Waals surface area (Å²) in [6.45, 7) is 2.86. The third kappa shape index (κ3) is 3.64. The van der Waals surface area contributed by atoms with Crippen LogP contribution in [0.1, 0.15) is 13.3 Å². The summed E-state index contributed by atoms with van der Waals surface area (Å²) < 4.78 is 19.2. The zero-order chi connectivity index (χ0) is 13.7. The maximum absolute atomic E-state index is 13.1. The van der Waals surface area contributed by atoms with Gasteiger partial charge in [-0.2, -0.15) is 0 Å². The molecular formula is C13H13BrFN3O. The molecule has 6 heteroatoms. The molecule has 4 nitrogen and oxygen atoms in total. The summed E-state index contributed by atoms with van der Waals surface area (Å²) in [5.74, 6) is 1.04. The van der Waals surface area contributed by atoms with Gasteiger partial charge >= 0.3 is 0 Å². The molecule has 0 amide bonds. The Labute approximate surface area is 119 Å². The molecule has 19 heavy (non-hydrogen) atoms. The quantitative estimate of drug-likeness (QED) is 0.902. The molecule has 0 aliphatic carbocycles. The maximum atomic E-state index is 13.1. The fourth-order valence-electron chi connectivity index (χ4n) is 1.43. The number of rotatable bonds is 5. The van der Waals surface area contributed by atoms with Crippen LogP contribution in [0.4, 0.5) is 10.2 Å². The van der Waals surface area contributed by atoms with E-state index >= 15 is 0 Å². The average Bonchev–Trinajstić information content (AvgIpc) is 2.40. The molecule has 0 saturated carbocycles. The monoisotopic (exact) mass is 325 g/mol. The third-order valence-electron chi connectivity index (χ3n) is 2.31. The van der Waals surface area contributed by atoms with Crippen LogP contribution < -0.4 is 10.1 Å². The molecule has 0 aliphatic heterocycles. The van der Waals surface area contributed by atoms with Gasteiger partial charge in [0.05, 0.1) is 0 Å². The van der Waals surface area contributed by atoms with E-state index in [0.717, 1.165) is 13.0 Å². The minimum atomic E-state index is -0.355. The first-order valence-corrected chi connectivity index (χ1v) is 6.67. The predicted molar refractivity (Wildman–Crippen MR) is 75.0 cm³/mol. The predicted octanol–water partition coefficient (Wildman–Crippen LogP) is 3.99. The zero-order valence-corrected chi connectivity index (χ0v) is 11.9. The zero-order valence-electron chi connectivity index (χ0n) is 10.4. The number of halogens is 2. The second-order valence-electron chi connectivity index (χ2n) is 3.83. The van der Waals surface area contributed by atoms with E-state index in [1.807, 2.05) is 0 Å². The number of hydrogen-bond acceptors (Lipinski definition) is 4. The maximum Gasteiger partial charge on any atom is 0.238 e. The molecule has 0 saturated heterocycles. The summed E-state index contributed by atoms with van der Waals surface area (Å²) in [5.41, 5.74) is 0. The van der Waals surface area contributed by atoms with Crippen LogP contribution in [0.2, 0.25) is 0 Å². The van der Waals surface area contributed by atoms with Gasteiger partial charge in [0.25, 0.3) is 0 Å². The van der Waals surface area contributed by atoms with E-state index in [1.165, 1.54) is 18.5 Å². The molecular weight excluding hydrogens is 313 g/mol. The number of anilines is 1. The number of ether oxygens (including phenoxy) is 1. The van der Waals surface area contributed by atoms with E-state index < -0.39 is 0 Å². The molecule has 1 aromatic heterocycles. The second-order valence-corrected chi connectivity index (χ2v) is 4.62. The number of nitrogens with one attached hydrogen (secondary N) is 1. The van der Waals surface area contributed by atoms with Gasteiger partial charge in [0.15, 0.2) is 0 Å². The average molecular weight is 326 g/mol. The highest BCUT2D eigenvalue weighted by molar-refractivity contribution is 9.10. The van der Waals surface area contributed by atoms with Gasteiger partial charge in [-0.3, -0.25) is 0 Å². The molecule has 0 fully saturated rings. The van der Waals surface area contributed by atoms with Gasteiger partial charge < -0.3 is 10.1 Å². The topological polar surface area (TPSA) is 47.0 Å². The van der Waals surface area contributed by atoms with Crippen molar-refractivity contribution in [3.8, 4) is 11.6 Å². The van der Waals surface area contributed by atoms with Crippen molar-refractivity contribution < 1.29 is 9.13 Å². The lowest BCUT2D eigenvalue weighted by Crippen LogP contribution is -2.04. The summed E-state index contributed by atoms with van der Waals surface area (Å²) >= 11 is 3.38. The largest absolute Gasteiger partial charge is 0.438 e. The molecule has 1 aromatic carbocycles. The van der Waals surface area contributed by atoms with Crippen LogP contribution in [0.3, 0.4) is 0 Å². The van der Waals surface area contributed by atoms with Gasteiger partial charge in [-0.25, -0.2) is 14.4 Å². The lowest BCUT2D eigenvalue weighted by atomic mass is 10.3. The third-order valence-corrected chi connectivity index (χ3v) is 3.03. The summed E-state index contributed by atoms with van der Waals surface area (Å²) in [5, 5.41) is 3.15. The molecule has 2 rings (SSSR count). The Morgan fingerprint density at radius 3 is 2.95 bits per heavy atom. The molecule has 2 aromatic rings. The van der Waals surface area contributed by atoms with Gasteiger partial charge in [0.1, 0.15) is 28.2 Å². The Morgan fingerprint density at radius 1 is 1.37 bits per heavy atom. The highest BCUT2D eigenvalue weighted by atomic mass is 79.9. The number of hydrogen-bond donors (Lipinski definition) is 1. The highest BCUT2D eigenvalue weighted by Gasteiger charge is 2.10. The first-order valence-electron chi connectivity index (χ1n) is 5.88. The molecule has 0 radical (unpaired) electrons. The first kappa shape index (κ1) is 13.7. The van der Waals surface area contributed by atoms with Gasteiger partial charge in [-0.1, -0.05) is 13.0 Å². The number of nitrogens with zero attached hydrogens (tertiary/aromatic N) is 2. The van der Waals surface area contributed by atoms with E-state index in [2.05, 4.69) is 38.1 Å². The summed E-state index contributed by atoms with van der Waals surface area (Å²) in [6.07, 6.45) is 2.38. The van der Waals surface area contributed by atoms with Crippen molar-refractivity contribution in [2.75, 3.05) is 11.9 Å². The smallest absolute Gasteiger partial charge is 0.238 e. The van der Waals surface area contributed by atoms with Crippen LogP contribution >= 0.6 is 15.9 Å². The molecule has 0 unspecified atom stereocenters. The van der Waals surface area contributed by atoms with Gasteiger partial charge in [0, 0.05) is 12.6 Å². The van der Waals surface area contributed by atoms with Crippen molar-refractivity contribution in [3.05, 3.63) is 40.9 Å². The van der Waals surface area contributed by atoms with Crippen molar-refractivity contribution in [2.24, 2.45) is 0 Å². The Bertz CT molecular complexity index is 565. The van der Waals surface area contributed by atoms with Crippen molar-refractivity contribution in [1.82, 2.24) is 9.97 Å². The molecule has 1 heterocycles. The molecule has 100 valence electrons. The molecule has 1 N–H and O–H groups in total. The minimum Gasteiger partial charge on any atom is -0.438 e. The fraction of sp³-hybridized carbons (Fsp3) is 0.231. The lowest BCUT2D eigenvalue weighted by molar-refractivity contribution is 0.454. The van der Waals surface area contributed by atoms with Crippen molar-refractivity contribution in [2.45, 2.75) is 13.3 Å². The Morgan fingerprint density at radius 2 is 2.21 bits per heavy atom. The van der Waals surface area contributed by atoms with E-state index in [9.17, 15) is 4.39 Å². The molecule has 0 bridgehead atoms. The Hall–Kier alpha value is -1.69. The van der Waals surface area contributed by atoms with Crippen molar-refractivity contribution >= 4 is 21.7 Å². The van der Waals surface area contributed by atoms with E-state index in [-0.39, 0.29) is 5.82 Å². The van der Waals surface area contributed by atoms with Crippen LogP contribution in [-0.4, -0.2) is 16.5 Å².